The van der Waals surface area contributed by atoms with Crippen LogP contribution in [0.5, 0.6) is 0 Å². The molecule has 2 heterocycles. The van der Waals surface area contributed by atoms with Gasteiger partial charge in [0.25, 0.3) is 0 Å². The summed E-state index contributed by atoms with van der Waals surface area (Å²) in [6.07, 6.45) is 0. The molecule has 0 saturated heterocycles. The highest BCUT2D eigenvalue weighted by molar-refractivity contribution is 5.55. The van der Waals surface area contributed by atoms with Crippen molar-refractivity contribution in [3.8, 4) is 11.4 Å². The largest absolute Gasteiger partial charge is 0.382 e. The second-order valence-electron chi connectivity index (χ2n) is 8.89. The second kappa shape index (κ2) is 9.85. The molecule has 10 heteroatoms. The van der Waals surface area contributed by atoms with E-state index >= 15 is 0 Å². The number of fused-ring (bicyclic) bond motifs is 1. The molecule has 0 amide bonds. The molecule has 1 aromatic heterocycles. The van der Waals surface area contributed by atoms with Crippen molar-refractivity contribution >= 4 is 0 Å². The van der Waals surface area contributed by atoms with Crippen molar-refractivity contribution in [1.82, 2.24) is 24.7 Å². The molecule has 1 aliphatic heterocycles. The Bertz CT molecular complexity index is 1140. The van der Waals surface area contributed by atoms with Gasteiger partial charge in [-0.15, -0.1) is 0 Å². The van der Waals surface area contributed by atoms with E-state index < -0.39 is 23.3 Å². The SMILES string of the molecule is Cc1ccc(-c2nc3n(n2)CCN([C@H](C)[C@](O)(CN(N)CCN)c2ccc(F)cc2F)C3)cc1. The van der Waals surface area contributed by atoms with Gasteiger partial charge in [-0.1, -0.05) is 35.9 Å². The zero-order chi connectivity index (χ0) is 24.5. The van der Waals surface area contributed by atoms with Gasteiger partial charge in [-0.2, -0.15) is 5.10 Å². The van der Waals surface area contributed by atoms with E-state index in [0.717, 1.165) is 29.1 Å². The van der Waals surface area contributed by atoms with Crippen LogP contribution in [0.25, 0.3) is 11.4 Å². The third-order valence-corrected chi connectivity index (χ3v) is 6.50. The van der Waals surface area contributed by atoms with Gasteiger partial charge in [0.05, 0.1) is 13.1 Å². The van der Waals surface area contributed by atoms with E-state index in [-0.39, 0.29) is 18.7 Å². The lowest BCUT2D eigenvalue weighted by atomic mass is 9.85. The Morgan fingerprint density at radius 3 is 2.59 bits per heavy atom. The van der Waals surface area contributed by atoms with Crippen molar-refractivity contribution < 1.29 is 13.9 Å². The summed E-state index contributed by atoms with van der Waals surface area (Å²) in [5, 5.41) is 17.8. The van der Waals surface area contributed by atoms with Crippen LogP contribution in [-0.2, 0) is 18.7 Å². The predicted octanol–water partition coefficient (Wildman–Crippen LogP) is 1.76. The number of rotatable bonds is 8. The summed E-state index contributed by atoms with van der Waals surface area (Å²) < 4.78 is 30.3. The number of aryl methyl sites for hydroxylation is 1. The lowest BCUT2D eigenvalue weighted by molar-refractivity contribution is -0.0776. The van der Waals surface area contributed by atoms with Gasteiger partial charge >= 0.3 is 0 Å². The first-order valence-corrected chi connectivity index (χ1v) is 11.3. The third kappa shape index (κ3) is 4.86. The highest BCUT2D eigenvalue weighted by atomic mass is 19.1. The maximum atomic E-state index is 14.8. The average molecular weight is 472 g/mol. The first-order valence-electron chi connectivity index (χ1n) is 11.3. The van der Waals surface area contributed by atoms with E-state index in [1.54, 1.807) is 0 Å². The van der Waals surface area contributed by atoms with Crippen molar-refractivity contribution in [1.29, 1.82) is 0 Å². The highest BCUT2D eigenvalue weighted by Crippen LogP contribution is 2.33. The van der Waals surface area contributed by atoms with Crippen LogP contribution in [0.2, 0.25) is 0 Å². The molecular weight excluding hydrogens is 440 g/mol. The van der Waals surface area contributed by atoms with E-state index in [0.29, 0.717) is 32.0 Å². The molecule has 0 radical (unpaired) electrons. The summed E-state index contributed by atoms with van der Waals surface area (Å²) in [6.45, 7) is 5.89. The molecule has 4 rings (SSSR count). The number of hydrogen-bond acceptors (Lipinski definition) is 7. The summed E-state index contributed by atoms with van der Waals surface area (Å²) in [6, 6.07) is 10.6. The quantitative estimate of drug-likeness (QED) is 0.339. The Morgan fingerprint density at radius 2 is 1.91 bits per heavy atom. The number of nitrogens with zero attached hydrogens (tertiary/aromatic N) is 5. The molecule has 1 aliphatic rings. The second-order valence-corrected chi connectivity index (χ2v) is 8.89. The summed E-state index contributed by atoms with van der Waals surface area (Å²) in [5.41, 5.74) is 5.97. The Hall–Kier alpha value is -2.76. The Kier molecular flexibility index (Phi) is 7.06. The standard InChI is InChI=1S/C24H31F2N7O/c1-16-3-5-18(6-4-16)23-29-22-14-31(11-12-33(22)30-23)17(2)24(34,15-32(28)10-9-27)20-8-7-19(25)13-21(20)26/h3-8,13,17,34H,9-12,14-15,27-28H2,1-2H3/t17-,24-/m1/s1. The van der Waals surface area contributed by atoms with E-state index in [4.69, 9.17) is 16.6 Å². The molecular formula is C24H31F2N7O. The minimum absolute atomic E-state index is 0.0127. The molecule has 0 unspecified atom stereocenters. The first kappa shape index (κ1) is 24.4. The number of aliphatic hydroxyl groups is 1. The maximum absolute atomic E-state index is 14.8. The maximum Gasteiger partial charge on any atom is 0.181 e. The molecule has 2 aromatic carbocycles. The van der Waals surface area contributed by atoms with Crippen molar-refractivity contribution in [2.75, 3.05) is 26.2 Å². The smallest absolute Gasteiger partial charge is 0.181 e. The zero-order valence-corrected chi connectivity index (χ0v) is 19.5. The molecule has 5 N–H and O–H groups in total. The normalized spacial score (nSPS) is 16.9. The Morgan fingerprint density at radius 1 is 1.18 bits per heavy atom. The lowest BCUT2D eigenvalue weighted by Gasteiger charge is -2.44. The Labute approximate surface area is 197 Å². The van der Waals surface area contributed by atoms with Gasteiger partial charge in [0, 0.05) is 49.4 Å². The predicted molar refractivity (Wildman–Crippen MR) is 125 cm³/mol. The van der Waals surface area contributed by atoms with Crippen molar-refractivity contribution in [3.63, 3.8) is 0 Å². The van der Waals surface area contributed by atoms with Gasteiger partial charge in [-0.25, -0.2) is 23.5 Å². The fourth-order valence-corrected chi connectivity index (χ4v) is 4.45. The van der Waals surface area contributed by atoms with Crippen LogP contribution < -0.4 is 11.6 Å². The number of halogens is 2. The molecule has 0 spiro atoms. The number of hydrazine groups is 1. The van der Waals surface area contributed by atoms with Crippen molar-refractivity contribution in [2.45, 2.75) is 38.6 Å². The fraction of sp³-hybridized carbons (Fsp3) is 0.417. The molecule has 182 valence electrons. The molecule has 8 nitrogen and oxygen atoms in total. The van der Waals surface area contributed by atoms with Crippen LogP contribution in [0.15, 0.2) is 42.5 Å². The van der Waals surface area contributed by atoms with Crippen LogP contribution in [0.3, 0.4) is 0 Å². The monoisotopic (exact) mass is 471 g/mol. The molecule has 2 atom stereocenters. The van der Waals surface area contributed by atoms with E-state index in [9.17, 15) is 13.9 Å². The molecule has 3 aromatic rings. The number of nitrogens with two attached hydrogens (primary N) is 2. The van der Waals surface area contributed by atoms with Gasteiger partial charge in [0.2, 0.25) is 0 Å². The third-order valence-electron chi connectivity index (χ3n) is 6.50. The summed E-state index contributed by atoms with van der Waals surface area (Å²) in [5.74, 6) is 5.92. The van der Waals surface area contributed by atoms with Gasteiger partial charge in [0.15, 0.2) is 5.82 Å². The summed E-state index contributed by atoms with van der Waals surface area (Å²) in [7, 11) is 0. The summed E-state index contributed by atoms with van der Waals surface area (Å²) >= 11 is 0. The zero-order valence-electron chi connectivity index (χ0n) is 19.5. The molecule has 0 saturated carbocycles. The Balaban J connectivity index is 1.62. The van der Waals surface area contributed by atoms with Crippen molar-refractivity contribution in [3.05, 3.63) is 71.1 Å². The minimum atomic E-state index is -1.72. The number of aromatic nitrogens is 3. The fourth-order valence-electron chi connectivity index (χ4n) is 4.45. The number of hydrogen-bond donors (Lipinski definition) is 3. The van der Waals surface area contributed by atoms with Gasteiger partial charge in [-0.05, 0) is 19.9 Å². The molecule has 0 fully saturated rings. The van der Waals surface area contributed by atoms with Crippen LogP contribution in [0.4, 0.5) is 8.78 Å². The van der Waals surface area contributed by atoms with Crippen LogP contribution in [-0.4, -0.2) is 62.0 Å². The van der Waals surface area contributed by atoms with E-state index in [2.05, 4.69) is 5.10 Å². The molecule has 34 heavy (non-hydrogen) atoms. The van der Waals surface area contributed by atoms with Gasteiger partial charge in [0.1, 0.15) is 23.1 Å². The van der Waals surface area contributed by atoms with Crippen LogP contribution in [0.1, 0.15) is 23.9 Å². The van der Waals surface area contributed by atoms with Crippen LogP contribution >= 0.6 is 0 Å². The van der Waals surface area contributed by atoms with E-state index in [1.165, 1.54) is 11.1 Å². The average Bonchev–Trinajstić information content (AvgIpc) is 3.22. The van der Waals surface area contributed by atoms with E-state index in [1.807, 2.05) is 47.7 Å². The van der Waals surface area contributed by atoms with Crippen molar-refractivity contribution in [2.24, 2.45) is 11.6 Å². The molecule has 0 bridgehead atoms. The molecule has 0 aliphatic carbocycles. The topological polar surface area (TPSA) is 109 Å². The lowest BCUT2D eigenvalue weighted by Crippen LogP contribution is -2.58. The number of benzene rings is 2. The van der Waals surface area contributed by atoms with Gasteiger partial charge < -0.3 is 10.8 Å². The summed E-state index contributed by atoms with van der Waals surface area (Å²) in [4.78, 5) is 6.73. The minimum Gasteiger partial charge on any atom is -0.382 e. The highest BCUT2D eigenvalue weighted by Gasteiger charge is 2.43. The first-order chi connectivity index (χ1) is 16.2. The van der Waals surface area contributed by atoms with Crippen LogP contribution in [0, 0.1) is 18.6 Å². The van der Waals surface area contributed by atoms with Gasteiger partial charge in [-0.3, -0.25) is 10.7 Å².